The molecule has 0 radical (unpaired) electrons. The van der Waals surface area contributed by atoms with Gasteiger partial charge in [0.1, 0.15) is 0 Å². The van der Waals surface area contributed by atoms with E-state index in [1.54, 1.807) is 12.2 Å². The van der Waals surface area contributed by atoms with E-state index in [1.807, 2.05) is 13.0 Å². The summed E-state index contributed by atoms with van der Waals surface area (Å²) in [6.45, 7) is 6.18. The summed E-state index contributed by atoms with van der Waals surface area (Å²) in [4.78, 5) is 0. The first-order valence-corrected chi connectivity index (χ1v) is 4.04. The van der Waals surface area contributed by atoms with E-state index in [4.69, 9.17) is 4.65 Å². The van der Waals surface area contributed by atoms with Crippen molar-refractivity contribution in [2.45, 2.75) is 13.3 Å². The Kier molecular flexibility index (Phi) is 3.32. The summed E-state index contributed by atoms with van der Waals surface area (Å²) in [5.41, 5.74) is 2.05. The van der Waals surface area contributed by atoms with Gasteiger partial charge >= 0.3 is 7.12 Å². The van der Waals surface area contributed by atoms with E-state index in [1.165, 1.54) is 5.57 Å². The maximum absolute atomic E-state index is 9.40. The fourth-order valence-corrected chi connectivity index (χ4v) is 1.16. The molecule has 64 valence electrons. The highest BCUT2D eigenvalue weighted by Gasteiger charge is 2.23. The van der Waals surface area contributed by atoms with Crippen molar-refractivity contribution in [2.75, 3.05) is 6.61 Å². The van der Waals surface area contributed by atoms with Gasteiger partial charge in [0.05, 0.1) is 0 Å². The summed E-state index contributed by atoms with van der Waals surface area (Å²) < 4.78 is 5.07. The number of hydrogen-bond donors (Lipinski definition) is 1. The Labute approximate surface area is 73.4 Å². The molecule has 0 aromatic rings. The molecule has 0 spiro atoms. The van der Waals surface area contributed by atoms with Crippen molar-refractivity contribution in [3.05, 3.63) is 35.9 Å². The maximum Gasteiger partial charge on any atom is 0.491 e. The molecule has 0 saturated heterocycles. The third-order valence-corrected chi connectivity index (χ3v) is 1.92. The second kappa shape index (κ2) is 4.29. The van der Waals surface area contributed by atoms with Crippen LogP contribution in [0, 0.1) is 0 Å². The Morgan fingerprint density at radius 1 is 1.67 bits per heavy atom. The summed E-state index contributed by atoms with van der Waals surface area (Å²) in [6, 6.07) is 0. The van der Waals surface area contributed by atoms with Crippen molar-refractivity contribution in [1.82, 2.24) is 0 Å². The lowest BCUT2D eigenvalue weighted by Crippen LogP contribution is -2.26. The van der Waals surface area contributed by atoms with Crippen molar-refractivity contribution in [2.24, 2.45) is 0 Å². The van der Waals surface area contributed by atoms with Crippen molar-refractivity contribution < 1.29 is 9.68 Å². The minimum absolute atomic E-state index is 0.610. The van der Waals surface area contributed by atoms with E-state index in [2.05, 4.69) is 6.58 Å². The topological polar surface area (TPSA) is 29.5 Å². The smallest absolute Gasteiger partial charge is 0.423 e. The van der Waals surface area contributed by atoms with Gasteiger partial charge in [-0.1, -0.05) is 30.4 Å². The van der Waals surface area contributed by atoms with Gasteiger partial charge in [-0.25, -0.2) is 0 Å². The molecule has 0 aliphatic carbocycles. The second-order valence-corrected chi connectivity index (χ2v) is 2.80. The predicted octanol–water partition coefficient (Wildman–Crippen LogP) is 1.49. The monoisotopic (exact) mass is 164 g/mol. The highest BCUT2D eigenvalue weighted by Crippen LogP contribution is 2.18. The lowest BCUT2D eigenvalue weighted by molar-refractivity contribution is 0.261. The van der Waals surface area contributed by atoms with Gasteiger partial charge in [-0.15, -0.1) is 0 Å². The zero-order valence-corrected chi connectivity index (χ0v) is 7.29. The van der Waals surface area contributed by atoms with Crippen LogP contribution in [0.2, 0.25) is 0 Å². The molecule has 0 fully saturated rings. The highest BCUT2D eigenvalue weighted by atomic mass is 16.5. The van der Waals surface area contributed by atoms with Crippen molar-refractivity contribution in [3.8, 4) is 0 Å². The van der Waals surface area contributed by atoms with Crippen LogP contribution in [-0.2, 0) is 4.65 Å². The van der Waals surface area contributed by atoms with Crippen LogP contribution in [-0.4, -0.2) is 18.7 Å². The average molecular weight is 164 g/mol. The molecule has 1 heterocycles. The summed E-state index contributed by atoms with van der Waals surface area (Å²) in [5.74, 6) is 0. The van der Waals surface area contributed by atoms with E-state index in [-0.39, 0.29) is 0 Å². The van der Waals surface area contributed by atoms with Crippen LogP contribution in [0.3, 0.4) is 0 Å². The zero-order chi connectivity index (χ0) is 8.97. The Morgan fingerprint density at radius 3 is 3.00 bits per heavy atom. The first kappa shape index (κ1) is 9.29. The normalized spacial score (nSPS) is 19.0. The molecule has 3 heteroatoms. The maximum atomic E-state index is 9.40. The van der Waals surface area contributed by atoms with E-state index in [9.17, 15) is 5.02 Å². The van der Waals surface area contributed by atoms with Gasteiger partial charge < -0.3 is 9.68 Å². The van der Waals surface area contributed by atoms with E-state index in [0.717, 1.165) is 11.9 Å². The van der Waals surface area contributed by atoms with Crippen LogP contribution < -0.4 is 0 Å². The molecule has 0 bridgehead atoms. The Morgan fingerprint density at radius 2 is 2.42 bits per heavy atom. The van der Waals surface area contributed by atoms with Gasteiger partial charge in [0.2, 0.25) is 0 Å². The second-order valence-electron chi connectivity index (χ2n) is 2.80. The van der Waals surface area contributed by atoms with Crippen molar-refractivity contribution in [3.63, 3.8) is 0 Å². The molecular weight excluding hydrogens is 151 g/mol. The Bertz CT molecular complexity index is 231. The molecule has 0 amide bonds. The summed E-state index contributed by atoms with van der Waals surface area (Å²) in [7, 11) is -0.755. The van der Waals surface area contributed by atoms with Gasteiger partial charge in [-0.05, 0) is 18.8 Å². The third-order valence-electron chi connectivity index (χ3n) is 1.92. The Hall–Kier alpha value is -0.795. The summed E-state index contributed by atoms with van der Waals surface area (Å²) in [6.07, 6.45) is 6.22. The van der Waals surface area contributed by atoms with Crippen LogP contribution >= 0.6 is 0 Å². The SMILES string of the molecule is C=C/C=C\C1=C(C)CCOB1O. The molecule has 1 N–H and O–H groups in total. The first-order valence-electron chi connectivity index (χ1n) is 4.04. The fourth-order valence-electron chi connectivity index (χ4n) is 1.16. The van der Waals surface area contributed by atoms with Crippen molar-refractivity contribution in [1.29, 1.82) is 0 Å². The van der Waals surface area contributed by atoms with Crippen LogP contribution in [0.5, 0.6) is 0 Å². The molecule has 1 aliphatic heterocycles. The lowest BCUT2D eigenvalue weighted by atomic mass is 9.73. The van der Waals surface area contributed by atoms with Crippen LogP contribution in [0.25, 0.3) is 0 Å². The quantitative estimate of drug-likeness (QED) is 0.494. The Balaban J connectivity index is 2.80. The number of rotatable bonds is 2. The van der Waals surface area contributed by atoms with Gasteiger partial charge in [0.25, 0.3) is 0 Å². The molecule has 1 aliphatic rings. The standard InChI is InChI=1S/C9H13BO2/c1-3-4-5-9-8(2)6-7-12-10(9)11/h3-5,11H,1,6-7H2,2H3/b5-4-. The summed E-state index contributed by atoms with van der Waals surface area (Å²) >= 11 is 0. The number of allylic oxidation sites excluding steroid dienone is 4. The molecule has 2 nitrogen and oxygen atoms in total. The largest absolute Gasteiger partial charge is 0.491 e. The van der Waals surface area contributed by atoms with E-state index in [0.29, 0.717) is 6.61 Å². The molecular formula is C9H13BO2. The summed E-state index contributed by atoms with van der Waals surface area (Å²) in [5, 5.41) is 9.40. The molecule has 0 aromatic heterocycles. The van der Waals surface area contributed by atoms with Gasteiger partial charge in [0, 0.05) is 6.61 Å². The van der Waals surface area contributed by atoms with Gasteiger partial charge in [0.15, 0.2) is 0 Å². The van der Waals surface area contributed by atoms with Gasteiger partial charge in [-0.3, -0.25) is 0 Å². The predicted molar refractivity (Wildman–Crippen MR) is 50.6 cm³/mol. The fraction of sp³-hybridized carbons (Fsp3) is 0.333. The van der Waals surface area contributed by atoms with E-state index < -0.39 is 7.12 Å². The zero-order valence-electron chi connectivity index (χ0n) is 7.29. The lowest BCUT2D eigenvalue weighted by Gasteiger charge is -2.18. The third kappa shape index (κ3) is 2.09. The minimum atomic E-state index is -0.755. The first-order chi connectivity index (χ1) is 5.75. The molecule has 0 atom stereocenters. The van der Waals surface area contributed by atoms with Crippen LogP contribution in [0.4, 0.5) is 0 Å². The minimum Gasteiger partial charge on any atom is -0.423 e. The molecule has 0 aromatic carbocycles. The molecule has 0 saturated carbocycles. The van der Waals surface area contributed by atoms with Gasteiger partial charge in [-0.2, -0.15) is 0 Å². The molecule has 1 rings (SSSR count). The molecule has 12 heavy (non-hydrogen) atoms. The number of hydrogen-bond acceptors (Lipinski definition) is 2. The molecule has 0 unspecified atom stereocenters. The van der Waals surface area contributed by atoms with Crippen molar-refractivity contribution >= 4 is 7.12 Å². The van der Waals surface area contributed by atoms with Crippen LogP contribution in [0.1, 0.15) is 13.3 Å². The van der Waals surface area contributed by atoms with E-state index >= 15 is 0 Å². The highest BCUT2D eigenvalue weighted by molar-refractivity contribution is 6.53. The van der Waals surface area contributed by atoms with Crippen LogP contribution in [0.15, 0.2) is 35.9 Å². The average Bonchev–Trinajstić information content (AvgIpc) is 2.04.